The molecular weight excluding hydrogens is 200 g/mol. The van der Waals surface area contributed by atoms with Gasteiger partial charge in [-0.3, -0.25) is 0 Å². The maximum absolute atomic E-state index is 8.84. The summed E-state index contributed by atoms with van der Waals surface area (Å²) in [6.07, 6.45) is 0. The highest BCUT2D eigenvalue weighted by atomic mass is 15.2. The van der Waals surface area contributed by atoms with Gasteiger partial charge in [-0.05, 0) is 18.4 Å². The summed E-state index contributed by atoms with van der Waals surface area (Å²) in [6, 6.07) is 3.74. The van der Waals surface area contributed by atoms with Crippen LogP contribution in [-0.4, -0.2) is 23.6 Å². The van der Waals surface area contributed by atoms with Gasteiger partial charge < -0.3 is 4.90 Å². The van der Waals surface area contributed by atoms with Gasteiger partial charge in [0.15, 0.2) is 0 Å². The van der Waals surface area contributed by atoms with Crippen molar-refractivity contribution in [3.63, 3.8) is 0 Å². The first-order valence-corrected chi connectivity index (χ1v) is 5.29. The topological polar surface area (TPSA) is 52.8 Å². The molecular formula is C12H18N4. The van der Waals surface area contributed by atoms with Crippen molar-refractivity contribution < 1.29 is 0 Å². The lowest BCUT2D eigenvalue weighted by atomic mass is 9.96. The molecule has 1 heterocycles. The van der Waals surface area contributed by atoms with Gasteiger partial charge in [0.05, 0.1) is 0 Å². The SMILES string of the molecule is Cc1cc(C#N)nc(N(C)CC(C)(C)C)n1. The minimum Gasteiger partial charge on any atom is -0.343 e. The van der Waals surface area contributed by atoms with Crippen molar-refractivity contribution in [2.75, 3.05) is 18.5 Å². The Kier molecular flexibility index (Phi) is 3.48. The van der Waals surface area contributed by atoms with Gasteiger partial charge in [-0.2, -0.15) is 5.26 Å². The van der Waals surface area contributed by atoms with E-state index >= 15 is 0 Å². The lowest BCUT2D eigenvalue weighted by molar-refractivity contribution is 0.416. The molecule has 4 heteroatoms. The van der Waals surface area contributed by atoms with E-state index < -0.39 is 0 Å². The number of nitrogens with zero attached hydrogens (tertiary/aromatic N) is 4. The Hall–Kier alpha value is -1.63. The third kappa shape index (κ3) is 3.50. The van der Waals surface area contributed by atoms with Crippen LogP contribution >= 0.6 is 0 Å². The molecule has 0 saturated heterocycles. The van der Waals surface area contributed by atoms with Gasteiger partial charge in [0.25, 0.3) is 0 Å². The maximum Gasteiger partial charge on any atom is 0.226 e. The second-order valence-corrected chi connectivity index (χ2v) is 5.22. The van der Waals surface area contributed by atoms with Gasteiger partial charge in [-0.15, -0.1) is 0 Å². The molecule has 1 rings (SSSR count). The van der Waals surface area contributed by atoms with E-state index in [0.717, 1.165) is 12.2 Å². The van der Waals surface area contributed by atoms with E-state index in [1.165, 1.54) is 0 Å². The fourth-order valence-corrected chi connectivity index (χ4v) is 1.56. The molecule has 0 saturated carbocycles. The minimum atomic E-state index is 0.175. The molecule has 0 aromatic carbocycles. The van der Waals surface area contributed by atoms with Crippen LogP contribution in [0.25, 0.3) is 0 Å². The van der Waals surface area contributed by atoms with E-state index in [4.69, 9.17) is 5.26 Å². The molecule has 0 unspecified atom stereocenters. The van der Waals surface area contributed by atoms with Gasteiger partial charge in [-0.25, -0.2) is 9.97 Å². The van der Waals surface area contributed by atoms with Crippen molar-refractivity contribution in [3.05, 3.63) is 17.5 Å². The van der Waals surface area contributed by atoms with Crippen molar-refractivity contribution in [3.8, 4) is 6.07 Å². The molecule has 1 aromatic rings. The van der Waals surface area contributed by atoms with E-state index in [2.05, 4.69) is 30.7 Å². The Labute approximate surface area is 96.9 Å². The largest absolute Gasteiger partial charge is 0.343 e. The molecule has 0 amide bonds. The van der Waals surface area contributed by atoms with Crippen LogP contribution in [0.5, 0.6) is 0 Å². The standard InChI is InChI=1S/C12H18N4/c1-9-6-10(7-13)15-11(14-9)16(5)8-12(2,3)4/h6H,8H2,1-5H3. The maximum atomic E-state index is 8.84. The van der Waals surface area contributed by atoms with Crippen molar-refractivity contribution in [2.45, 2.75) is 27.7 Å². The van der Waals surface area contributed by atoms with Gasteiger partial charge in [-0.1, -0.05) is 20.8 Å². The smallest absolute Gasteiger partial charge is 0.226 e. The number of anilines is 1. The molecule has 0 aliphatic rings. The van der Waals surface area contributed by atoms with Crippen LogP contribution < -0.4 is 4.90 Å². The summed E-state index contributed by atoms with van der Waals surface area (Å²) in [5.41, 5.74) is 1.42. The highest BCUT2D eigenvalue weighted by molar-refractivity contribution is 5.35. The van der Waals surface area contributed by atoms with Crippen LogP contribution in [0.3, 0.4) is 0 Å². The number of nitriles is 1. The molecule has 4 nitrogen and oxygen atoms in total. The molecule has 0 fully saturated rings. The predicted molar refractivity (Wildman–Crippen MR) is 64.2 cm³/mol. The van der Waals surface area contributed by atoms with Gasteiger partial charge in [0.1, 0.15) is 11.8 Å². The van der Waals surface area contributed by atoms with Gasteiger partial charge >= 0.3 is 0 Å². The Bertz CT molecular complexity index is 412. The molecule has 1 aromatic heterocycles. The van der Waals surface area contributed by atoms with E-state index in [1.807, 2.05) is 24.9 Å². The van der Waals surface area contributed by atoms with Crippen LogP contribution in [0, 0.1) is 23.7 Å². The predicted octanol–water partition coefficient (Wildman–Crippen LogP) is 2.14. The number of aryl methyl sites for hydroxylation is 1. The molecule has 0 aliphatic heterocycles. The zero-order valence-electron chi connectivity index (χ0n) is 10.6. The summed E-state index contributed by atoms with van der Waals surface area (Å²) in [5, 5.41) is 8.84. The Morgan fingerprint density at radius 2 is 2.00 bits per heavy atom. The van der Waals surface area contributed by atoms with Crippen LogP contribution in [0.2, 0.25) is 0 Å². The Morgan fingerprint density at radius 3 is 2.50 bits per heavy atom. The van der Waals surface area contributed by atoms with E-state index in [1.54, 1.807) is 6.07 Å². The summed E-state index contributed by atoms with van der Waals surface area (Å²) in [7, 11) is 1.95. The summed E-state index contributed by atoms with van der Waals surface area (Å²) in [4.78, 5) is 10.5. The lowest BCUT2D eigenvalue weighted by Crippen LogP contribution is -2.30. The molecule has 0 aliphatic carbocycles. The first-order valence-electron chi connectivity index (χ1n) is 5.29. The summed E-state index contributed by atoms with van der Waals surface area (Å²) < 4.78 is 0. The van der Waals surface area contributed by atoms with Crippen LogP contribution in [-0.2, 0) is 0 Å². The first kappa shape index (κ1) is 12.4. The van der Waals surface area contributed by atoms with Crippen molar-refractivity contribution in [1.29, 1.82) is 5.26 Å². The number of hydrogen-bond acceptors (Lipinski definition) is 4. The minimum absolute atomic E-state index is 0.175. The number of aromatic nitrogens is 2. The molecule has 0 radical (unpaired) electrons. The van der Waals surface area contributed by atoms with Crippen LogP contribution in [0.1, 0.15) is 32.2 Å². The van der Waals surface area contributed by atoms with E-state index in [9.17, 15) is 0 Å². The normalized spacial score (nSPS) is 11.0. The number of rotatable bonds is 2. The van der Waals surface area contributed by atoms with Crippen LogP contribution in [0.15, 0.2) is 6.07 Å². The Balaban J connectivity index is 2.96. The highest BCUT2D eigenvalue weighted by Gasteiger charge is 2.16. The molecule has 86 valence electrons. The summed E-state index contributed by atoms with van der Waals surface area (Å²) in [5.74, 6) is 0.617. The van der Waals surface area contributed by atoms with E-state index in [-0.39, 0.29) is 5.41 Å². The molecule has 16 heavy (non-hydrogen) atoms. The monoisotopic (exact) mass is 218 g/mol. The molecule has 0 atom stereocenters. The fourth-order valence-electron chi connectivity index (χ4n) is 1.56. The Morgan fingerprint density at radius 1 is 1.38 bits per heavy atom. The average Bonchev–Trinajstić information content (AvgIpc) is 2.14. The second kappa shape index (κ2) is 4.48. The van der Waals surface area contributed by atoms with Crippen molar-refractivity contribution in [2.24, 2.45) is 5.41 Å². The lowest BCUT2D eigenvalue weighted by Gasteiger charge is -2.26. The fraction of sp³-hybridized carbons (Fsp3) is 0.583. The molecule has 0 spiro atoms. The summed E-state index contributed by atoms with van der Waals surface area (Å²) >= 11 is 0. The molecule has 0 N–H and O–H groups in total. The van der Waals surface area contributed by atoms with Gasteiger partial charge in [0.2, 0.25) is 5.95 Å². The zero-order chi connectivity index (χ0) is 12.3. The third-order valence-electron chi connectivity index (χ3n) is 2.01. The van der Waals surface area contributed by atoms with Crippen molar-refractivity contribution >= 4 is 5.95 Å². The highest BCUT2D eigenvalue weighted by Crippen LogP contribution is 2.17. The summed E-state index contributed by atoms with van der Waals surface area (Å²) in [6.45, 7) is 9.19. The van der Waals surface area contributed by atoms with Crippen LogP contribution in [0.4, 0.5) is 5.95 Å². The number of hydrogen-bond donors (Lipinski definition) is 0. The quantitative estimate of drug-likeness (QED) is 0.763. The zero-order valence-corrected chi connectivity index (χ0v) is 10.6. The van der Waals surface area contributed by atoms with Gasteiger partial charge in [0, 0.05) is 19.3 Å². The first-order chi connectivity index (χ1) is 7.31. The van der Waals surface area contributed by atoms with E-state index in [0.29, 0.717) is 11.6 Å². The van der Waals surface area contributed by atoms with Crippen molar-refractivity contribution in [1.82, 2.24) is 9.97 Å². The third-order valence-corrected chi connectivity index (χ3v) is 2.01. The molecule has 0 bridgehead atoms. The average molecular weight is 218 g/mol. The second-order valence-electron chi connectivity index (χ2n) is 5.22.